The monoisotopic (exact) mass is 428 g/mol. The second-order valence-corrected chi connectivity index (χ2v) is 9.73. The number of ether oxygens (including phenoxy) is 2. The molecule has 0 amide bonds. The molecule has 1 aromatic rings. The first-order valence-electron chi connectivity index (χ1n) is 12.2. The Labute approximate surface area is 188 Å². The minimum Gasteiger partial charge on any atom is -0.491 e. The number of aliphatic hydroxyl groups excluding tert-OH is 1. The highest BCUT2D eigenvalue weighted by atomic mass is 16.5. The lowest BCUT2D eigenvalue weighted by atomic mass is 9.68. The summed E-state index contributed by atoms with van der Waals surface area (Å²) in [6.07, 6.45) is 11.5. The van der Waals surface area contributed by atoms with E-state index in [1.54, 1.807) is 6.92 Å². The van der Waals surface area contributed by atoms with Gasteiger partial charge >= 0.3 is 5.97 Å². The second kappa shape index (κ2) is 11.7. The molecule has 1 aromatic carbocycles. The zero-order chi connectivity index (χ0) is 22.2. The average molecular weight is 429 g/mol. The third-order valence-corrected chi connectivity index (χ3v) is 7.37. The van der Waals surface area contributed by atoms with E-state index in [0.717, 1.165) is 23.5 Å². The van der Waals surface area contributed by atoms with Gasteiger partial charge in [0.05, 0.1) is 13.2 Å². The molecule has 0 radical (unpaired) electrons. The summed E-state index contributed by atoms with van der Waals surface area (Å²) in [6.45, 7) is 8.35. The molecule has 0 atom stereocenters. The third kappa shape index (κ3) is 6.83. The Balaban J connectivity index is 1.63. The van der Waals surface area contributed by atoms with Crippen LogP contribution in [0.15, 0.2) is 30.4 Å². The summed E-state index contributed by atoms with van der Waals surface area (Å²) in [5.74, 6) is 3.75. The lowest BCUT2D eigenvalue weighted by Gasteiger charge is -2.37. The molecule has 0 saturated heterocycles. The normalized spacial score (nSPS) is 26.3. The van der Waals surface area contributed by atoms with Crippen molar-refractivity contribution in [3.63, 3.8) is 0 Å². The SMILES string of the molecule is C=C(C)C(=O)OCCc1cc(OCCO)ccc1C1CCC(C2CCC(C)CC2)CC1. The van der Waals surface area contributed by atoms with Crippen molar-refractivity contribution in [2.24, 2.45) is 17.8 Å². The Hall–Kier alpha value is -1.81. The summed E-state index contributed by atoms with van der Waals surface area (Å²) in [5.41, 5.74) is 2.99. The van der Waals surface area contributed by atoms with Crippen LogP contribution in [-0.2, 0) is 16.0 Å². The zero-order valence-corrected chi connectivity index (χ0v) is 19.4. The Morgan fingerprint density at radius 3 is 2.29 bits per heavy atom. The first-order valence-corrected chi connectivity index (χ1v) is 12.2. The highest BCUT2D eigenvalue weighted by molar-refractivity contribution is 5.86. The Bertz CT molecular complexity index is 725. The van der Waals surface area contributed by atoms with Crippen molar-refractivity contribution in [2.45, 2.75) is 77.6 Å². The number of carbonyl (C=O) groups excluding carboxylic acids is 1. The molecular weight excluding hydrogens is 388 g/mol. The molecule has 1 N–H and O–H groups in total. The average Bonchev–Trinajstić information content (AvgIpc) is 2.78. The fraction of sp³-hybridized carbons (Fsp3) is 0.667. The lowest BCUT2D eigenvalue weighted by molar-refractivity contribution is -0.138. The van der Waals surface area contributed by atoms with Crippen molar-refractivity contribution in [1.29, 1.82) is 0 Å². The van der Waals surface area contributed by atoms with E-state index >= 15 is 0 Å². The van der Waals surface area contributed by atoms with Crippen LogP contribution in [0.2, 0.25) is 0 Å². The van der Waals surface area contributed by atoms with Crippen LogP contribution >= 0.6 is 0 Å². The largest absolute Gasteiger partial charge is 0.491 e. The van der Waals surface area contributed by atoms with Gasteiger partial charge in [-0.15, -0.1) is 0 Å². The fourth-order valence-corrected chi connectivity index (χ4v) is 5.49. The molecule has 3 rings (SSSR count). The van der Waals surface area contributed by atoms with Crippen LogP contribution in [0.25, 0.3) is 0 Å². The summed E-state index contributed by atoms with van der Waals surface area (Å²) < 4.78 is 11.0. The molecule has 2 aliphatic rings. The van der Waals surface area contributed by atoms with Crippen molar-refractivity contribution in [1.82, 2.24) is 0 Å². The highest BCUT2D eigenvalue weighted by Crippen LogP contribution is 2.44. The molecule has 2 saturated carbocycles. The van der Waals surface area contributed by atoms with E-state index in [1.165, 1.54) is 62.5 Å². The van der Waals surface area contributed by atoms with Crippen LogP contribution in [0.4, 0.5) is 0 Å². The van der Waals surface area contributed by atoms with Crippen LogP contribution < -0.4 is 4.74 Å². The summed E-state index contributed by atoms with van der Waals surface area (Å²) in [7, 11) is 0. The van der Waals surface area contributed by atoms with Crippen LogP contribution in [0.3, 0.4) is 0 Å². The van der Waals surface area contributed by atoms with E-state index in [2.05, 4.69) is 25.6 Å². The first kappa shape index (κ1) is 23.8. The molecule has 4 nitrogen and oxygen atoms in total. The van der Waals surface area contributed by atoms with Crippen LogP contribution in [0.1, 0.15) is 82.3 Å². The van der Waals surface area contributed by atoms with Crippen LogP contribution in [0, 0.1) is 17.8 Å². The Kier molecular flexibility index (Phi) is 9.01. The summed E-state index contributed by atoms with van der Waals surface area (Å²) in [5, 5.41) is 9.07. The van der Waals surface area contributed by atoms with Gasteiger partial charge in [0.1, 0.15) is 12.4 Å². The van der Waals surface area contributed by atoms with Crippen LogP contribution in [0.5, 0.6) is 5.75 Å². The molecule has 4 heteroatoms. The molecule has 172 valence electrons. The highest BCUT2D eigenvalue weighted by Gasteiger charge is 2.31. The predicted octanol–water partition coefficient (Wildman–Crippen LogP) is 5.82. The smallest absolute Gasteiger partial charge is 0.333 e. The topological polar surface area (TPSA) is 55.8 Å². The molecule has 0 spiro atoms. The van der Waals surface area contributed by atoms with Crippen molar-refractivity contribution >= 4 is 5.97 Å². The molecule has 0 aromatic heterocycles. The van der Waals surface area contributed by atoms with E-state index in [4.69, 9.17) is 14.6 Å². The molecular formula is C27H40O4. The maximum absolute atomic E-state index is 11.8. The summed E-state index contributed by atoms with van der Waals surface area (Å²) in [6, 6.07) is 6.27. The van der Waals surface area contributed by atoms with Gasteiger partial charge in [-0.2, -0.15) is 0 Å². The fourth-order valence-electron chi connectivity index (χ4n) is 5.49. The molecule has 0 heterocycles. The van der Waals surface area contributed by atoms with E-state index < -0.39 is 0 Å². The Morgan fingerprint density at radius 2 is 1.68 bits per heavy atom. The van der Waals surface area contributed by atoms with E-state index in [-0.39, 0.29) is 19.2 Å². The molecule has 0 bridgehead atoms. The number of rotatable bonds is 9. The van der Waals surface area contributed by atoms with E-state index in [1.807, 2.05) is 6.07 Å². The number of hydrogen-bond donors (Lipinski definition) is 1. The van der Waals surface area contributed by atoms with Gasteiger partial charge in [0, 0.05) is 12.0 Å². The quantitative estimate of drug-likeness (QED) is 0.398. The maximum atomic E-state index is 11.8. The van der Waals surface area contributed by atoms with Gasteiger partial charge in [-0.3, -0.25) is 0 Å². The third-order valence-electron chi connectivity index (χ3n) is 7.37. The number of esters is 1. The van der Waals surface area contributed by atoms with Gasteiger partial charge in [0.2, 0.25) is 0 Å². The summed E-state index contributed by atoms with van der Waals surface area (Å²) >= 11 is 0. The zero-order valence-electron chi connectivity index (χ0n) is 19.4. The second-order valence-electron chi connectivity index (χ2n) is 9.73. The first-order chi connectivity index (χ1) is 15.0. The van der Waals surface area contributed by atoms with Gasteiger partial charge in [-0.25, -0.2) is 4.79 Å². The van der Waals surface area contributed by atoms with E-state index in [0.29, 0.717) is 24.5 Å². The lowest BCUT2D eigenvalue weighted by Crippen LogP contribution is -2.25. The predicted molar refractivity (Wildman–Crippen MR) is 124 cm³/mol. The van der Waals surface area contributed by atoms with Gasteiger partial charge in [0.15, 0.2) is 0 Å². The standard InChI is InChI=1S/C27H40O4/c1-19(2)27(29)31-16-14-24-18-25(30-17-15-28)12-13-26(24)23-10-8-22(9-11-23)21-6-4-20(3)5-7-21/h12-13,18,20-23,28H,1,4-11,14-17H2,2-3H3. The molecule has 0 aliphatic heterocycles. The number of aliphatic hydroxyl groups is 1. The minimum atomic E-state index is -0.337. The van der Waals surface area contributed by atoms with Crippen molar-refractivity contribution < 1.29 is 19.4 Å². The van der Waals surface area contributed by atoms with Gasteiger partial charge in [0.25, 0.3) is 0 Å². The minimum absolute atomic E-state index is 0.00271. The number of hydrogen-bond acceptors (Lipinski definition) is 4. The van der Waals surface area contributed by atoms with Gasteiger partial charge < -0.3 is 14.6 Å². The Morgan fingerprint density at radius 1 is 1.03 bits per heavy atom. The van der Waals surface area contributed by atoms with Gasteiger partial charge in [-0.05, 0) is 92.4 Å². The van der Waals surface area contributed by atoms with Crippen molar-refractivity contribution in [2.75, 3.05) is 19.8 Å². The summed E-state index contributed by atoms with van der Waals surface area (Å²) in [4.78, 5) is 11.8. The van der Waals surface area contributed by atoms with Gasteiger partial charge in [-0.1, -0.05) is 32.4 Å². The molecule has 0 unspecified atom stereocenters. The van der Waals surface area contributed by atoms with E-state index in [9.17, 15) is 4.79 Å². The molecule has 2 fully saturated rings. The van der Waals surface area contributed by atoms with Crippen molar-refractivity contribution in [3.05, 3.63) is 41.5 Å². The van der Waals surface area contributed by atoms with Crippen LogP contribution in [-0.4, -0.2) is 30.9 Å². The number of benzene rings is 1. The number of carbonyl (C=O) groups is 1. The van der Waals surface area contributed by atoms with Crippen molar-refractivity contribution in [3.8, 4) is 5.75 Å². The maximum Gasteiger partial charge on any atom is 0.333 e. The molecule has 31 heavy (non-hydrogen) atoms. The molecule has 2 aliphatic carbocycles.